The van der Waals surface area contributed by atoms with Gasteiger partial charge in [0.2, 0.25) is 0 Å². The summed E-state index contributed by atoms with van der Waals surface area (Å²) >= 11 is 0. The molecule has 0 fully saturated rings. The molecule has 2 aromatic carbocycles. The predicted octanol–water partition coefficient (Wildman–Crippen LogP) is 4.47. The highest BCUT2D eigenvalue weighted by atomic mass is 15.5. The largest absolute Gasteiger partial charge is 0.289 e. The molecular formula is C19H22N2. The van der Waals surface area contributed by atoms with E-state index in [2.05, 4.69) is 74.3 Å². The highest BCUT2D eigenvalue weighted by molar-refractivity contribution is 6.02. The molecule has 2 heteroatoms. The maximum atomic E-state index is 4.86. The van der Waals surface area contributed by atoms with Crippen molar-refractivity contribution < 1.29 is 0 Å². The van der Waals surface area contributed by atoms with Gasteiger partial charge in [-0.15, -0.1) is 0 Å². The van der Waals surface area contributed by atoms with Crippen molar-refractivity contribution >= 4 is 5.71 Å². The van der Waals surface area contributed by atoms with Crippen LogP contribution in [-0.4, -0.2) is 17.3 Å². The second-order valence-electron chi connectivity index (χ2n) is 5.73. The van der Waals surface area contributed by atoms with E-state index >= 15 is 0 Å². The molecule has 0 radical (unpaired) electrons. The van der Waals surface area contributed by atoms with Crippen LogP contribution in [0.25, 0.3) is 0 Å². The van der Waals surface area contributed by atoms with Gasteiger partial charge in [-0.3, -0.25) is 5.01 Å². The van der Waals surface area contributed by atoms with Crippen molar-refractivity contribution in [1.29, 1.82) is 0 Å². The van der Waals surface area contributed by atoms with Gasteiger partial charge in [0, 0.05) is 13.0 Å². The lowest BCUT2D eigenvalue weighted by Crippen LogP contribution is -2.18. The highest BCUT2D eigenvalue weighted by Crippen LogP contribution is 2.32. The SMILES string of the molecule is CCN1N=C(c2ccc(C)c(C)c2)CC1c1ccccc1. The van der Waals surface area contributed by atoms with Crippen molar-refractivity contribution in [2.24, 2.45) is 5.10 Å². The molecule has 21 heavy (non-hydrogen) atoms. The minimum Gasteiger partial charge on any atom is -0.289 e. The predicted molar refractivity (Wildman–Crippen MR) is 88.6 cm³/mol. The van der Waals surface area contributed by atoms with Crippen LogP contribution in [0.1, 0.15) is 41.6 Å². The molecule has 0 aromatic heterocycles. The first-order valence-corrected chi connectivity index (χ1v) is 7.65. The number of hydrazone groups is 1. The van der Waals surface area contributed by atoms with Crippen LogP contribution in [0.3, 0.4) is 0 Å². The Labute approximate surface area is 127 Å². The molecule has 0 N–H and O–H groups in total. The molecule has 1 atom stereocenters. The van der Waals surface area contributed by atoms with Crippen LogP contribution in [0.2, 0.25) is 0 Å². The van der Waals surface area contributed by atoms with Crippen molar-refractivity contribution in [3.05, 3.63) is 70.8 Å². The van der Waals surface area contributed by atoms with E-state index in [9.17, 15) is 0 Å². The van der Waals surface area contributed by atoms with E-state index in [1.165, 1.54) is 28.0 Å². The number of nitrogens with zero attached hydrogens (tertiary/aromatic N) is 2. The molecule has 0 spiro atoms. The molecule has 0 saturated heterocycles. The lowest BCUT2D eigenvalue weighted by atomic mass is 9.96. The lowest BCUT2D eigenvalue weighted by molar-refractivity contribution is 0.246. The molecular weight excluding hydrogens is 256 g/mol. The van der Waals surface area contributed by atoms with E-state index in [0.29, 0.717) is 6.04 Å². The highest BCUT2D eigenvalue weighted by Gasteiger charge is 2.27. The molecule has 0 amide bonds. The Bertz CT molecular complexity index is 659. The summed E-state index contributed by atoms with van der Waals surface area (Å²) in [6.07, 6.45) is 0.986. The number of rotatable bonds is 3. The van der Waals surface area contributed by atoms with Crippen molar-refractivity contribution in [2.75, 3.05) is 6.54 Å². The summed E-state index contributed by atoms with van der Waals surface area (Å²) in [5.41, 5.74) is 6.48. The van der Waals surface area contributed by atoms with Gasteiger partial charge in [-0.1, -0.05) is 42.5 Å². The molecule has 0 saturated carbocycles. The third kappa shape index (κ3) is 2.71. The quantitative estimate of drug-likeness (QED) is 0.808. The summed E-state index contributed by atoms with van der Waals surface area (Å²) in [7, 11) is 0. The molecule has 1 unspecified atom stereocenters. The van der Waals surface area contributed by atoms with Gasteiger partial charge in [0.05, 0.1) is 11.8 Å². The molecule has 1 aliphatic rings. The van der Waals surface area contributed by atoms with Crippen molar-refractivity contribution in [2.45, 2.75) is 33.2 Å². The smallest absolute Gasteiger partial charge is 0.0776 e. The van der Waals surface area contributed by atoms with Gasteiger partial charge >= 0.3 is 0 Å². The first-order valence-electron chi connectivity index (χ1n) is 7.65. The first-order chi connectivity index (χ1) is 10.2. The van der Waals surface area contributed by atoms with Gasteiger partial charge in [0.25, 0.3) is 0 Å². The summed E-state index contributed by atoms with van der Waals surface area (Å²) in [5.74, 6) is 0. The van der Waals surface area contributed by atoms with Gasteiger partial charge < -0.3 is 0 Å². The van der Waals surface area contributed by atoms with Gasteiger partial charge in [0.15, 0.2) is 0 Å². The lowest BCUT2D eigenvalue weighted by Gasteiger charge is -2.22. The van der Waals surface area contributed by atoms with Crippen LogP contribution < -0.4 is 0 Å². The number of aryl methyl sites for hydroxylation is 2. The average Bonchev–Trinajstić information content (AvgIpc) is 2.95. The van der Waals surface area contributed by atoms with Crippen LogP contribution in [0.5, 0.6) is 0 Å². The summed E-state index contributed by atoms with van der Waals surface area (Å²) in [5, 5.41) is 7.06. The van der Waals surface area contributed by atoms with E-state index < -0.39 is 0 Å². The van der Waals surface area contributed by atoms with Crippen LogP contribution in [-0.2, 0) is 0 Å². The van der Waals surface area contributed by atoms with Crippen molar-refractivity contribution in [3.63, 3.8) is 0 Å². The summed E-state index contributed by atoms with van der Waals surface area (Å²) in [6.45, 7) is 7.43. The second kappa shape index (κ2) is 5.72. The maximum Gasteiger partial charge on any atom is 0.0776 e. The topological polar surface area (TPSA) is 15.6 Å². The third-order valence-corrected chi connectivity index (χ3v) is 4.34. The van der Waals surface area contributed by atoms with Crippen molar-refractivity contribution in [1.82, 2.24) is 5.01 Å². The van der Waals surface area contributed by atoms with Crippen LogP contribution >= 0.6 is 0 Å². The summed E-state index contributed by atoms with van der Waals surface area (Å²) in [6, 6.07) is 17.7. The Balaban J connectivity index is 1.90. The van der Waals surface area contributed by atoms with Gasteiger partial charge in [-0.2, -0.15) is 5.10 Å². The van der Waals surface area contributed by atoms with Crippen LogP contribution in [0, 0.1) is 13.8 Å². The van der Waals surface area contributed by atoms with Gasteiger partial charge in [-0.05, 0) is 49.1 Å². The Kier molecular flexibility index (Phi) is 3.78. The Morgan fingerprint density at radius 3 is 2.48 bits per heavy atom. The monoisotopic (exact) mass is 278 g/mol. The van der Waals surface area contributed by atoms with E-state index in [1.54, 1.807) is 0 Å². The zero-order chi connectivity index (χ0) is 14.8. The fourth-order valence-electron chi connectivity index (χ4n) is 2.91. The second-order valence-corrected chi connectivity index (χ2v) is 5.73. The third-order valence-electron chi connectivity index (χ3n) is 4.34. The molecule has 0 bridgehead atoms. The minimum absolute atomic E-state index is 0.368. The van der Waals surface area contributed by atoms with E-state index in [4.69, 9.17) is 5.10 Å². The maximum absolute atomic E-state index is 4.86. The minimum atomic E-state index is 0.368. The average molecular weight is 278 g/mol. The summed E-state index contributed by atoms with van der Waals surface area (Å²) < 4.78 is 0. The van der Waals surface area contributed by atoms with E-state index in [-0.39, 0.29) is 0 Å². The van der Waals surface area contributed by atoms with E-state index in [0.717, 1.165) is 13.0 Å². The Morgan fingerprint density at radius 1 is 1.05 bits per heavy atom. The molecule has 2 aromatic rings. The molecule has 1 heterocycles. The standard InChI is InChI=1S/C19H22N2/c1-4-21-19(16-8-6-5-7-9-16)13-18(20-21)17-11-10-14(2)15(3)12-17/h5-12,19H,4,13H2,1-3H3. The first kappa shape index (κ1) is 13.9. The zero-order valence-corrected chi connectivity index (χ0v) is 13.0. The van der Waals surface area contributed by atoms with Crippen LogP contribution in [0.15, 0.2) is 53.6 Å². The molecule has 2 nitrogen and oxygen atoms in total. The normalized spacial score (nSPS) is 18.0. The fraction of sp³-hybridized carbons (Fsp3) is 0.316. The van der Waals surface area contributed by atoms with Crippen LogP contribution in [0.4, 0.5) is 0 Å². The zero-order valence-electron chi connectivity index (χ0n) is 13.0. The van der Waals surface area contributed by atoms with Gasteiger partial charge in [-0.25, -0.2) is 0 Å². The van der Waals surface area contributed by atoms with E-state index in [1.807, 2.05) is 0 Å². The molecule has 3 rings (SSSR count). The molecule has 1 aliphatic heterocycles. The molecule has 0 aliphatic carbocycles. The van der Waals surface area contributed by atoms with Gasteiger partial charge in [0.1, 0.15) is 0 Å². The Morgan fingerprint density at radius 2 is 1.81 bits per heavy atom. The number of benzene rings is 2. The Hall–Kier alpha value is -2.09. The number of hydrogen-bond acceptors (Lipinski definition) is 2. The number of hydrogen-bond donors (Lipinski definition) is 0. The fourth-order valence-corrected chi connectivity index (χ4v) is 2.91. The van der Waals surface area contributed by atoms with Crippen molar-refractivity contribution in [3.8, 4) is 0 Å². The molecule has 108 valence electrons. The summed E-state index contributed by atoms with van der Waals surface area (Å²) in [4.78, 5) is 0.